The van der Waals surface area contributed by atoms with Crippen molar-refractivity contribution in [3.05, 3.63) is 59.2 Å². The first-order valence-electron chi connectivity index (χ1n) is 7.54. The number of benzene rings is 2. The second-order valence-corrected chi connectivity index (χ2v) is 5.37. The highest BCUT2D eigenvalue weighted by Crippen LogP contribution is 2.17. The average molecular weight is 327 g/mol. The molecule has 0 fully saturated rings. The zero-order valence-corrected chi connectivity index (χ0v) is 14.0. The Morgan fingerprint density at radius 1 is 1.04 bits per heavy atom. The summed E-state index contributed by atoms with van der Waals surface area (Å²) in [6.45, 7) is 4.03. The summed E-state index contributed by atoms with van der Waals surface area (Å²) >= 11 is 0. The van der Waals surface area contributed by atoms with Gasteiger partial charge in [0.2, 0.25) is 0 Å². The Balaban J connectivity index is 1.85. The van der Waals surface area contributed by atoms with Crippen molar-refractivity contribution in [3.8, 4) is 5.75 Å². The van der Waals surface area contributed by atoms with Gasteiger partial charge in [0.05, 0.1) is 19.2 Å². The van der Waals surface area contributed by atoms with Gasteiger partial charge in [0, 0.05) is 5.69 Å². The number of rotatable bonds is 5. The van der Waals surface area contributed by atoms with Gasteiger partial charge in [-0.05, 0) is 37.6 Å². The molecular weight excluding hydrogens is 306 g/mol. The lowest BCUT2D eigenvalue weighted by Crippen LogP contribution is -2.44. The van der Waals surface area contributed by atoms with E-state index in [0.717, 1.165) is 16.8 Å². The molecule has 0 aliphatic heterocycles. The summed E-state index contributed by atoms with van der Waals surface area (Å²) in [5.41, 5.74) is 8.20. The normalized spacial score (nSPS) is 9.96. The number of anilines is 1. The molecule has 0 aliphatic rings. The standard InChI is InChI=1S/C18H21N3O3/c1-12-8-9-15(13(2)10-12)19-11-17(22)20-21-18(23)14-6-4-5-7-16(14)24-3/h4-10,19H,11H2,1-3H3,(H,20,22)(H,21,23). The van der Waals surface area contributed by atoms with Gasteiger partial charge in [-0.25, -0.2) is 0 Å². The summed E-state index contributed by atoms with van der Waals surface area (Å²) in [6.07, 6.45) is 0. The topological polar surface area (TPSA) is 79.5 Å². The Bertz CT molecular complexity index is 744. The number of methoxy groups -OCH3 is 1. The Labute approximate surface area is 141 Å². The molecule has 0 saturated carbocycles. The molecule has 0 saturated heterocycles. The average Bonchev–Trinajstić information content (AvgIpc) is 2.58. The fourth-order valence-electron chi connectivity index (χ4n) is 2.26. The largest absolute Gasteiger partial charge is 0.496 e. The number of carbonyl (C=O) groups is 2. The van der Waals surface area contributed by atoms with E-state index in [1.807, 2.05) is 32.0 Å². The van der Waals surface area contributed by atoms with Crippen LogP contribution in [0.25, 0.3) is 0 Å². The van der Waals surface area contributed by atoms with Crippen LogP contribution in [0.5, 0.6) is 5.75 Å². The summed E-state index contributed by atoms with van der Waals surface area (Å²) in [6, 6.07) is 12.7. The lowest BCUT2D eigenvalue weighted by Gasteiger charge is -2.12. The van der Waals surface area contributed by atoms with Crippen molar-refractivity contribution in [2.24, 2.45) is 0 Å². The molecule has 2 amide bonds. The second-order valence-electron chi connectivity index (χ2n) is 5.37. The summed E-state index contributed by atoms with van der Waals surface area (Å²) in [5.74, 6) is -0.344. The number of hydrogen-bond acceptors (Lipinski definition) is 4. The van der Waals surface area contributed by atoms with Crippen molar-refractivity contribution in [1.82, 2.24) is 10.9 Å². The summed E-state index contributed by atoms with van der Waals surface area (Å²) < 4.78 is 5.12. The van der Waals surface area contributed by atoms with Crippen LogP contribution in [0.3, 0.4) is 0 Å². The maximum atomic E-state index is 12.1. The molecule has 0 aliphatic carbocycles. The lowest BCUT2D eigenvalue weighted by atomic mass is 10.1. The van der Waals surface area contributed by atoms with Crippen LogP contribution in [0.1, 0.15) is 21.5 Å². The van der Waals surface area contributed by atoms with Crippen LogP contribution in [0, 0.1) is 13.8 Å². The van der Waals surface area contributed by atoms with E-state index in [9.17, 15) is 9.59 Å². The molecule has 6 nitrogen and oxygen atoms in total. The molecule has 2 rings (SSSR count). The molecule has 2 aromatic carbocycles. The van der Waals surface area contributed by atoms with E-state index in [1.54, 1.807) is 24.3 Å². The highest BCUT2D eigenvalue weighted by Gasteiger charge is 2.12. The minimum Gasteiger partial charge on any atom is -0.496 e. The lowest BCUT2D eigenvalue weighted by molar-refractivity contribution is -0.120. The van der Waals surface area contributed by atoms with E-state index in [4.69, 9.17) is 4.74 Å². The monoisotopic (exact) mass is 327 g/mol. The molecule has 0 aromatic heterocycles. The Hall–Kier alpha value is -3.02. The summed E-state index contributed by atoms with van der Waals surface area (Å²) in [4.78, 5) is 23.9. The second kappa shape index (κ2) is 8.01. The highest BCUT2D eigenvalue weighted by molar-refractivity contribution is 5.98. The van der Waals surface area contributed by atoms with Crippen molar-refractivity contribution in [3.63, 3.8) is 0 Å². The van der Waals surface area contributed by atoms with E-state index in [1.165, 1.54) is 7.11 Å². The maximum Gasteiger partial charge on any atom is 0.273 e. The van der Waals surface area contributed by atoms with Gasteiger partial charge in [-0.15, -0.1) is 0 Å². The molecule has 0 bridgehead atoms. The number of carbonyl (C=O) groups excluding carboxylic acids is 2. The number of amides is 2. The molecule has 6 heteroatoms. The van der Waals surface area contributed by atoms with Crippen LogP contribution < -0.4 is 20.9 Å². The van der Waals surface area contributed by atoms with E-state index in [2.05, 4.69) is 16.2 Å². The minimum atomic E-state index is -0.438. The molecular formula is C18H21N3O3. The Kier molecular flexibility index (Phi) is 5.78. The molecule has 0 atom stereocenters. The van der Waals surface area contributed by atoms with Crippen LogP contribution in [0.4, 0.5) is 5.69 Å². The molecule has 0 heterocycles. The van der Waals surface area contributed by atoms with E-state index in [0.29, 0.717) is 11.3 Å². The Morgan fingerprint density at radius 3 is 2.50 bits per heavy atom. The van der Waals surface area contributed by atoms with Crippen molar-refractivity contribution in [2.75, 3.05) is 19.0 Å². The zero-order valence-electron chi connectivity index (χ0n) is 14.0. The van der Waals surface area contributed by atoms with Gasteiger partial charge in [0.15, 0.2) is 0 Å². The number of para-hydroxylation sites is 1. The first kappa shape index (κ1) is 17.3. The van der Waals surface area contributed by atoms with Gasteiger partial charge in [0.1, 0.15) is 5.75 Å². The van der Waals surface area contributed by atoms with Gasteiger partial charge in [-0.2, -0.15) is 0 Å². The maximum absolute atomic E-state index is 12.1. The highest BCUT2D eigenvalue weighted by atomic mass is 16.5. The molecule has 3 N–H and O–H groups in total. The Morgan fingerprint density at radius 2 is 1.79 bits per heavy atom. The third-order valence-electron chi connectivity index (χ3n) is 3.49. The van der Waals surface area contributed by atoms with Crippen LogP contribution in [-0.2, 0) is 4.79 Å². The summed E-state index contributed by atoms with van der Waals surface area (Å²) in [7, 11) is 1.48. The van der Waals surface area contributed by atoms with Crippen molar-refractivity contribution >= 4 is 17.5 Å². The number of hydrazine groups is 1. The van der Waals surface area contributed by atoms with Crippen LogP contribution in [-0.4, -0.2) is 25.5 Å². The van der Waals surface area contributed by atoms with Crippen molar-refractivity contribution < 1.29 is 14.3 Å². The zero-order chi connectivity index (χ0) is 17.5. The smallest absolute Gasteiger partial charge is 0.273 e. The fourth-order valence-corrected chi connectivity index (χ4v) is 2.26. The number of ether oxygens (including phenoxy) is 1. The number of nitrogens with one attached hydrogen (secondary N) is 3. The van der Waals surface area contributed by atoms with Crippen LogP contribution in [0.2, 0.25) is 0 Å². The predicted molar refractivity (Wildman–Crippen MR) is 93.0 cm³/mol. The van der Waals surface area contributed by atoms with Gasteiger partial charge < -0.3 is 10.1 Å². The number of hydrogen-bond donors (Lipinski definition) is 3. The van der Waals surface area contributed by atoms with Crippen molar-refractivity contribution in [1.29, 1.82) is 0 Å². The van der Waals surface area contributed by atoms with E-state index >= 15 is 0 Å². The molecule has 2 aromatic rings. The van der Waals surface area contributed by atoms with Gasteiger partial charge in [0.25, 0.3) is 11.8 Å². The molecule has 126 valence electrons. The van der Waals surface area contributed by atoms with Crippen molar-refractivity contribution in [2.45, 2.75) is 13.8 Å². The molecule has 0 spiro atoms. The predicted octanol–water partition coefficient (Wildman–Crippen LogP) is 2.19. The number of aryl methyl sites for hydroxylation is 2. The quantitative estimate of drug-likeness (QED) is 0.736. The van der Waals surface area contributed by atoms with Gasteiger partial charge in [-0.1, -0.05) is 29.8 Å². The van der Waals surface area contributed by atoms with Gasteiger partial charge in [-0.3, -0.25) is 20.4 Å². The third-order valence-corrected chi connectivity index (χ3v) is 3.49. The van der Waals surface area contributed by atoms with E-state index in [-0.39, 0.29) is 12.5 Å². The fraction of sp³-hybridized carbons (Fsp3) is 0.222. The SMILES string of the molecule is COc1ccccc1C(=O)NNC(=O)CNc1ccc(C)cc1C. The van der Waals surface area contributed by atoms with E-state index < -0.39 is 5.91 Å². The first-order chi connectivity index (χ1) is 11.5. The first-order valence-corrected chi connectivity index (χ1v) is 7.54. The van der Waals surface area contributed by atoms with Crippen LogP contribution in [0.15, 0.2) is 42.5 Å². The minimum absolute atomic E-state index is 0.0517. The molecule has 0 radical (unpaired) electrons. The molecule has 24 heavy (non-hydrogen) atoms. The molecule has 0 unspecified atom stereocenters. The van der Waals surface area contributed by atoms with Gasteiger partial charge >= 0.3 is 0 Å². The van der Waals surface area contributed by atoms with Crippen LogP contribution >= 0.6 is 0 Å². The third kappa shape index (κ3) is 4.49. The summed E-state index contributed by atoms with van der Waals surface area (Å²) in [5, 5.41) is 3.04.